The summed E-state index contributed by atoms with van der Waals surface area (Å²) in [6, 6.07) is -0.606. The van der Waals surface area contributed by atoms with Crippen LogP contribution in [-0.2, 0) is 9.53 Å². The van der Waals surface area contributed by atoms with Crippen molar-refractivity contribution in [1.29, 1.82) is 0 Å². The molecule has 0 saturated carbocycles. The van der Waals surface area contributed by atoms with Crippen LogP contribution in [0.25, 0.3) is 0 Å². The Morgan fingerprint density at radius 2 is 2.28 bits per heavy atom. The first kappa shape index (κ1) is 14.7. The molecule has 1 rings (SSSR count). The van der Waals surface area contributed by atoms with Crippen molar-refractivity contribution < 1.29 is 24.5 Å². The number of carboxylic acid groups (broad SMARTS) is 1. The Kier molecular flexibility index (Phi) is 5.87. The summed E-state index contributed by atoms with van der Waals surface area (Å²) in [7, 11) is 0. The van der Waals surface area contributed by atoms with Crippen molar-refractivity contribution in [3.63, 3.8) is 0 Å². The molecule has 0 bridgehead atoms. The van der Waals surface area contributed by atoms with Crippen molar-refractivity contribution in [2.75, 3.05) is 32.9 Å². The molecule has 2 unspecified atom stereocenters. The third-order valence-corrected chi connectivity index (χ3v) is 2.97. The second kappa shape index (κ2) is 7.17. The molecule has 18 heavy (non-hydrogen) atoms. The van der Waals surface area contributed by atoms with E-state index in [1.54, 1.807) is 6.92 Å². The predicted octanol–water partition coefficient (Wildman–Crippen LogP) is -0.500. The molecule has 0 aromatic rings. The van der Waals surface area contributed by atoms with Crippen LogP contribution in [0, 0.1) is 5.92 Å². The molecule has 2 atom stereocenters. The van der Waals surface area contributed by atoms with Crippen molar-refractivity contribution in [2.24, 2.45) is 5.92 Å². The van der Waals surface area contributed by atoms with Crippen LogP contribution in [0.5, 0.6) is 0 Å². The van der Waals surface area contributed by atoms with Gasteiger partial charge in [0.1, 0.15) is 0 Å². The fourth-order valence-electron chi connectivity index (χ4n) is 1.69. The lowest BCUT2D eigenvalue weighted by atomic mass is 10.1. The first-order valence-electron chi connectivity index (χ1n) is 6.02. The van der Waals surface area contributed by atoms with Crippen LogP contribution in [0.1, 0.15) is 13.3 Å². The molecule has 0 spiro atoms. The zero-order chi connectivity index (χ0) is 13.5. The van der Waals surface area contributed by atoms with Gasteiger partial charge in [-0.1, -0.05) is 6.92 Å². The zero-order valence-electron chi connectivity index (χ0n) is 10.5. The number of nitrogens with zero attached hydrogens (tertiary/aromatic N) is 1. The monoisotopic (exact) mass is 260 g/mol. The maximum absolute atomic E-state index is 11.8. The van der Waals surface area contributed by atoms with Crippen molar-refractivity contribution in [3.8, 4) is 0 Å². The van der Waals surface area contributed by atoms with E-state index in [0.29, 0.717) is 32.7 Å². The summed E-state index contributed by atoms with van der Waals surface area (Å²) in [4.78, 5) is 23.9. The van der Waals surface area contributed by atoms with Gasteiger partial charge in [-0.25, -0.2) is 4.79 Å². The van der Waals surface area contributed by atoms with Crippen LogP contribution in [0.2, 0.25) is 0 Å². The van der Waals surface area contributed by atoms with Crippen LogP contribution >= 0.6 is 0 Å². The summed E-state index contributed by atoms with van der Waals surface area (Å²) in [5.74, 6) is -1.35. The number of morpholine rings is 1. The van der Waals surface area contributed by atoms with E-state index in [2.05, 4.69) is 5.32 Å². The van der Waals surface area contributed by atoms with Gasteiger partial charge >= 0.3 is 12.0 Å². The maximum Gasteiger partial charge on any atom is 0.317 e. The van der Waals surface area contributed by atoms with Gasteiger partial charge in [0, 0.05) is 13.1 Å². The molecule has 2 amide bonds. The summed E-state index contributed by atoms with van der Waals surface area (Å²) in [5.41, 5.74) is 0. The normalized spacial score (nSPS) is 21.4. The van der Waals surface area contributed by atoms with Crippen LogP contribution in [0.4, 0.5) is 4.79 Å². The summed E-state index contributed by atoms with van der Waals surface area (Å²) in [6.07, 6.45) is 0.384. The Bertz CT molecular complexity index is 297. The minimum Gasteiger partial charge on any atom is -0.481 e. The average Bonchev–Trinajstić information content (AvgIpc) is 2.38. The topological polar surface area (TPSA) is 99.1 Å². The second-order valence-electron chi connectivity index (χ2n) is 4.36. The Balaban J connectivity index is 2.33. The van der Waals surface area contributed by atoms with Gasteiger partial charge in [0.25, 0.3) is 0 Å². The maximum atomic E-state index is 11.8. The third-order valence-electron chi connectivity index (χ3n) is 2.97. The number of urea groups is 1. The molecule has 1 aliphatic heterocycles. The van der Waals surface area contributed by atoms with E-state index in [1.165, 1.54) is 4.90 Å². The molecule has 1 heterocycles. The number of carbonyl (C=O) groups is 2. The fourth-order valence-corrected chi connectivity index (χ4v) is 1.69. The highest BCUT2D eigenvalue weighted by Gasteiger charge is 2.26. The van der Waals surface area contributed by atoms with E-state index in [4.69, 9.17) is 14.9 Å². The molecule has 0 radical (unpaired) electrons. The van der Waals surface area contributed by atoms with Gasteiger partial charge in [0.2, 0.25) is 0 Å². The van der Waals surface area contributed by atoms with Gasteiger partial charge in [-0.3, -0.25) is 4.79 Å². The number of rotatable bonds is 5. The average molecular weight is 260 g/mol. The van der Waals surface area contributed by atoms with Gasteiger partial charge in [-0.05, 0) is 6.42 Å². The van der Waals surface area contributed by atoms with Gasteiger partial charge in [-0.2, -0.15) is 0 Å². The minimum absolute atomic E-state index is 0.140. The van der Waals surface area contributed by atoms with Gasteiger partial charge in [0.15, 0.2) is 0 Å². The minimum atomic E-state index is -0.871. The number of nitrogens with one attached hydrogen (secondary N) is 1. The van der Waals surface area contributed by atoms with Crippen molar-refractivity contribution >= 4 is 12.0 Å². The summed E-state index contributed by atoms with van der Waals surface area (Å²) >= 11 is 0. The van der Waals surface area contributed by atoms with Crippen molar-refractivity contribution in [2.45, 2.75) is 19.4 Å². The SMILES string of the molecule is CC(CCNC(=O)N1CCOCC1CO)C(=O)O. The number of carboxylic acids is 1. The van der Waals surface area contributed by atoms with E-state index < -0.39 is 11.9 Å². The zero-order valence-corrected chi connectivity index (χ0v) is 10.5. The first-order chi connectivity index (χ1) is 8.56. The van der Waals surface area contributed by atoms with E-state index in [0.717, 1.165) is 0 Å². The lowest BCUT2D eigenvalue weighted by Crippen LogP contribution is -2.54. The van der Waals surface area contributed by atoms with Crippen LogP contribution in [0.3, 0.4) is 0 Å². The smallest absolute Gasteiger partial charge is 0.317 e. The lowest BCUT2D eigenvalue weighted by Gasteiger charge is -2.34. The first-order valence-corrected chi connectivity index (χ1v) is 6.02. The standard InChI is InChI=1S/C11H20N2O5/c1-8(10(15)16)2-3-12-11(17)13-4-5-18-7-9(13)6-14/h8-9,14H,2-7H2,1H3,(H,12,17)(H,15,16). The number of ether oxygens (including phenoxy) is 1. The number of carbonyl (C=O) groups excluding carboxylic acids is 1. The molecule has 7 heteroatoms. The molecule has 0 aliphatic carbocycles. The highest BCUT2D eigenvalue weighted by molar-refractivity contribution is 5.75. The molecule has 1 fully saturated rings. The molecule has 1 saturated heterocycles. The highest BCUT2D eigenvalue weighted by atomic mass is 16.5. The molecule has 3 N–H and O–H groups in total. The van der Waals surface area contributed by atoms with Gasteiger partial charge < -0.3 is 25.2 Å². The second-order valence-corrected chi connectivity index (χ2v) is 4.36. The molecule has 1 aliphatic rings. The summed E-state index contributed by atoms with van der Waals surface area (Å²) in [6.45, 7) is 2.98. The van der Waals surface area contributed by atoms with Crippen LogP contribution < -0.4 is 5.32 Å². The lowest BCUT2D eigenvalue weighted by molar-refractivity contribution is -0.141. The largest absolute Gasteiger partial charge is 0.481 e. The van der Waals surface area contributed by atoms with E-state index in [1.807, 2.05) is 0 Å². The number of hydrogen-bond donors (Lipinski definition) is 3. The molecule has 7 nitrogen and oxygen atoms in total. The predicted molar refractivity (Wildman–Crippen MR) is 63.2 cm³/mol. The quantitative estimate of drug-likeness (QED) is 0.619. The number of aliphatic hydroxyl groups is 1. The number of amides is 2. The molecule has 0 aromatic carbocycles. The van der Waals surface area contributed by atoms with E-state index >= 15 is 0 Å². The molecule has 104 valence electrons. The number of aliphatic hydroxyl groups excluding tert-OH is 1. The van der Waals surface area contributed by atoms with Gasteiger partial charge in [0.05, 0.1) is 31.8 Å². The molecular formula is C11H20N2O5. The highest BCUT2D eigenvalue weighted by Crippen LogP contribution is 2.07. The van der Waals surface area contributed by atoms with Crippen LogP contribution in [0.15, 0.2) is 0 Å². The van der Waals surface area contributed by atoms with E-state index in [9.17, 15) is 9.59 Å². The Morgan fingerprint density at radius 3 is 2.89 bits per heavy atom. The molecular weight excluding hydrogens is 240 g/mol. The van der Waals surface area contributed by atoms with Crippen LogP contribution in [-0.4, -0.2) is 66.1 Å². The Labute approximate surface area is 106 Å². The third kappa shape index (κ3) is 4.15. The van der Waals surface area contributed by atoms with Crippen molar-refractivity contribution in [3.05, 3.63) is 0 Å². The summed E-state index contributed by atoms with van der Waals surface area (Å²) in [5, 5.41) is 20.5. The van der Waals surface area contributed by atoms with Gasteiger partial charge in [-0.15, -0.1) is 0 Å². The summed E-state index contributed by atoms with van der Waals surface area (Å²) < 4.78 is 5.17. The Hall–Kier alpha value is -1.34. The fraction of sp³-hybridized carbons (Fsp3) is 0.818. The number of aliphatic carboxylic acids is 1. The Morgan fingerprint density at radius 1 is 1.56 bits per heavy atom. The number of hydrogen-bond acceptors (Lipinski definition) is 4. The van der Waals surface area contributed by atoms with E-state index in [-0.39, 0.29) is 18.7 Å². The molecule has 0 aromatic heterocycles. The van der Waals surface area contributed by atoms with Crippen molar-refractivity contribution in [1.82, 2.24) is 10.2 Å².